The number of sulfone groups is 1. The van der Waals surface area contributed by atoms with E-state index in [4.69, 9.17) is 0 Å². The number of hydrogen-bond donors (Lipinski definition) is 0. The molecule has 0 spiro atoms. The molecule has 19 heavy (non-hydrogen) atoms. The summed E-state index contributed by atoms with van der Waals surface area (Å²) < 4.78 is 23.9. The topological polar surface area (TPSA) is 66.8 Å². The maximum atomic E-state index is 12.2. The van der Waals surface area contributed by atoms with E-state index in [2.05, 4.69) is 4.99 Å². The molecule has 0 aromatic heterocycles. The zero-order valence-electron chi connectivity index (χ0n) is 10.9. The molecule has 0 aromatic rings. The van der Waals surface area contributed by atoms with E-state index in [1.54, 1.807) is 16.7 Å². The Kier molecular flexibility index (Phi) is 5.19. The molecular weight excluding hydrogens is 304 g/mol. The van der Waals surface area contributed by atoms with Crippen molar-refractivity contribution < 1.29 is 13.2 Å². The van der Waals surface area contributed by atoms with Crippen LogP contribution < -0.4 is 0 Å². The fraction of sp³-hybridized carbons (Fsp3) is 0.818. The first-order chi connectivity index (χ1) is 9.02. The van der Waals surface area contributed by atoms with Gasteiger partial charge in [-0.2, -0.15) is 0 Å². The standard InChI is InChI=1S/C11H18N2O3S3/c1-2-13(9-3-6-19(15,16)8-9)10(14)7-18-11-12-4-5-17-11/h9H,2-8H2,1H3/t9-/m0/s1. The van der Waals surface area contributed by atoms with Crippen molar-refractivity contribution in [2.75, 3.05) is 36.1 Å². The maximum Gasteiger partial charge on any atom is 0.233 e. The van der Waals surface area contributed by atoms with Gasteiger partial charge in [0, 0.05) is 18.3 Å². The number of thioether (sulfide) groups is 2. The monoisotopic (exact) mass is 322 g/mol. The summed E-state index contributed by atoms with van der Waals surface area (Å²) in [4.78, 5) is 18.2. The first-order valence-corrected chi connectivity index (χ1v) is 10.1. The highest BCUT2D eigenvalue weighted by Gasteiger charge is 2.33. The van der Waals surface area contributed by atoms with Crippen LogP contribution in [-0.2, 0) is 14.6 Å². The highest BCUT2D eigenvalue weighted by Crippen LogP contribution is 2.23. The molecule has 8 heteroatoms. The molecule has 1 atom stereocenters. The van der Waals surface area contributed by atoms with Crippen molar-refractivity contribution in [1.82, 2.24) is 4.90 Å². The van der Waals surface area contributed by atoms with Gasteiger partial charge in [0.15, 0.2) is 9.84 Å². The molecule has 2 aliphatic heterocycles. The summed E-state index contributed by atoms with van der Waals surface area (Å²) in [6.45, 7) is 3.30. The normalized spacial score (nSPS) is 25.3. The van der Waals surface area contributed by atoms with E-state index in [9.17, 15) is 13.2 Å². The molecule has 0 saturated carbocycles. The predicted octanol–water partition coefficient (Wildman–Crippen LogP) is 0.858. The summed E-state index contributed by atoms with van der Waals surface area (Å²) >= 11 is 3.15. The molecule has 2 aliphatic rings. The first kappa shape index (κ1) is 15.2. The van der Waals surface area contributed by atoms with Gasteiger partial charge in [-0.3, -0.25) is 9.79 Å². The van der Waals surface area contributed by atoms with Crippen molar-refractivity contribution in [3.8, 4) is 0 Å². The van der Waals surface area contributed by atoms with Gasteiger partial charge >= 0.3 is 0 Å². The second-order valence-corrected chi connectivity index (χ2v) is 9.06. The zero-order chi connectivity index (χ0) is 13.9. The van der Waals surface area contributed by atoms with E-state index in [0.29, 0.717) is 18.7 Å². The van der Waals surface area contributed by atoms with Crippen molar-refractivity contribution in [3.05, 3.63) is 0 Å². The van der Waals surface area contributed by atoms with Gasteiger partial charge in [-0.05, 0) is 13.3 Å². The third-order valence-corrected chi connectivity index (χ3v) is 7.17. The van der Waals surface area contributed by atoms with Gasteiger partial charge in [0.2, 0.25) is 5.91 Å². The Morgan fingerprint density at radius 3 is 2.89 bits per heavy atom. The van der Waals surface area contributed by atoms with Crippen molar-refractivity contribution in [2.24, 2.45) is 4.99 Å². The number of carbonyl (C=O) groups is 1. The number of amides is 1. The van der Waals surface area contributed by atoms with Crippen molar-refractivity contribution in [2.45, 2.75) is 19.4 Å². The van der Waals surface area contributed by atoms with E-state index < -0.39 is 9.84 Å². The minimum Gasteiger partial charge on any atom is -0.338 e. The smallest absolute Gasteiger partial charge is 0.233 e. The van der Waals surface area contributed by atoms with E-state index in [-0.39, 0.29) is 23.5 Å². The molecule has 0 aliphatic carbocycles. The lowest BCUT2D eigenvalue weighted by Gasteiger charge is -2.26. The Labute approximate surface area is 122 Å². The van der Waals surface area contributed by atoms with Crippen molar-refractivity contribution in [3.63, 3.8) is 0 Å². The molecule has 0 radical (unpaired) electrons. The third-order valence-electron chi connectivity index (χ3n) is 3.19. The number of hydrogen-bond acceptors (Lipinski definition) is 6. The molecule has 0 unspecified atom stereocenters. The van der Waals surface area contributed by atoms with E-state index in [0.717, 1.165) is 16.7 Å². The van der Waals surface area contributed by atoms with Crippen LogP contribution in [0.1, 0.15) is 13.3 Å². The Bertz CT molecular complexity index is 476. The number of rotatable bonds is 4. The molecule has 0 bridgehead atoms. The van der Waals surface area contributed by atoms with Crippen LogP contribution in [0.15, 0.2) is 4.99 Å². The lowest BCUT2D eigenvalue weighted by molar-refractivity contribution is -0.129. The number of carbonyl (C=O) groups excluding carboxylic acids is 1. The second kappa shape index (κ2) is 6.49. The minimum absolute atomic E-state index is 0.0183. The van der Waals surface area contributed by atoms with Gasteiger partial charge in [0.1, 0.15) is 4.38 Å². The van der Waals surface area contributed by atoms with E-state index in [1.807, 2.05) is 6.92 Å². The van der Waals surface area contributed by atoms with Crippen LogP contribution in [0.2, 0.25) is 0 Å². The lowest BCUT2D eigenvalue weighted by Crippen LogP contribution is -2.42. The summed E-state index contributed by atoms with van der Waals surface area (Å²) in [6, 6.07) is -0.138. The summed E-state index contributed by atoms with van der Waals surface area (Å²) in [5.41, 5.74) is 0. The average Bonchev–Trinajstić information content (AvgIpc) is 2.97. The quantitative estimate of drug-likeness (QED) is 0.768. The summed E-state index contributed by atoms with van der Waals surface area (Å²) in [6.07, 6.45) is 0.572. The predicted molar refractivity (Wildman–Crippen MR) is 81.7 cm³/mol. The van der Waals surface area contributed by atoms with Crippen LogP contribution >= 0.6 is 23.5 Å². The molecule has 1 amide bonds. The molecule has 1 fully saturated rings. The number of aliphatic imine (C=N–C) groups is 1. The average molecular weight is 322 g/mol. The van der Waals surface area contributed by atoms with Gasteiger partial charge in [-0.25, -0.2) is 8.42 Å². The molecule has 0 aromatic carbocycles. The Morgan fingerprint density at radius 1 is 1.58 bits per heavy atom. The molecule has 108 valence electrons. The van der Waals surface area contributed by atoms with E-state index in [1.165, 1.54) is 11.8 Å². The SMILES string of the molecule is CCN(C(=O)CSC1=NCCS1)[C@H]1CCS(=O)(=O)C1. The molecular formula is C11H18N2O3S3. The molecule has 2 rings (SSSR count). The molecule has 5 nitrogen and oxygen atoms in total. The van der Waals surface area contributed by atoms with Gasteiger partial charge < -0.3 is 4.90 Å². The van der Waals surface area contributed by atoms with E-state index >= 15 is 0 Å². The van der Waals surface area contributed by atoms with Gasteiger partial charge in [0.25, 0.3) is 0 Å². The van der Waals surface area contributed by atoms with Gasteiger partial charge in [-0.1, -0.05) is 23.5 Å². The number of nitrogens with zero attached hydrogens (tertiary/aromatic N) is 2. The van der Waals surface area contributed by atoms with Crippen LogP contribution in [0, 0.1) is 0 Å². The molecule has 0 N–H and O–H groups in total. The maximum absolute atomic E-state index is 12.2. The minimum atomic E-state index is -2.94. The Morgan fingerprint density at radius 2 is 2.37 bits per heavy atom. The van der Waals surface area contributed by atoms with Crippen LogP contribution in [0.25, 0.3) is 0 Å². The summed E-state index contributed by atoms with van der Waals surface area (Å²) in [7, 11) is -2.94. The Balaban J connectivity index is 1.88. The van der Waals surface area contributed by atoms with Crippen LogP contribution in [0.3, 0.4) is 0 Å². The first-order valence-electron chi connectivity index (χ1n) is 6.32. The van der Waals surface area contributed by atoms with Crippen LogP contribution in [0.5, 0.6) is 0 Å². The van der Waals surface area contributed by atoms with Gasteiger partial charge in [0.05, 0.1) is 23.8 Å². The third kappa shape index (κ3) is 4.13. The fourth-order valence-corrected chi connectivity index (χ4v) is 5.89. The largest absolute Gasteiger partial charge is 0.338 e. The zero-order valence-corrected chi connectivity index (χ0v) is 13.3. The summed E-state index contributed by atoms with van der Waals surface area (Å²) in [5, 5.41) is 0. The fourth-order valence-electron chi connectivity index (χ4n) is 2.27. The van der Waals surface area contributed by atoms with Crippen molar-refractivity contribution in [1.29, 1.82) is 0 Å². The summed E-state index contributed by atoms with van der Waals surface area (Å²) in [5.74, 6) is 1.69. The van der Waals surface area contributed by atoms with Gasteiger partial charge in [-0.15, -0.1) is 0 Å². The highest BCUT2D eigenvalue weighted by molar-refractivity contribution is 8.39. The van der Waals surface area contributed by atoms with Crippen LogP contribution in [0.4, 0.5) is 0 Å². The van der Waals surface area contributed by atoms with Crippen LogP contribution in [-0.4, -0.2) is 65.7 Å². The van der Waals surface area contributed by atoms with Crippen molar-refractivity contribution >= 4 is 43.6 Å². The highest BCUT2D eigenvalue weighted by atomic mass is 32.2. The molecule has 1 saturated heterocycles. The second-order valence-electron chi connectivity index (χ2n) is 4.52. The molecule has 2 heterocycles. The lowest BCUT2D eigenvalue weighted by atomic mass is 10.2. The Hall–Kier alpha value is -0.210.